The minimum Gasteiger partial charge on any atom is -0.322 e. The molecule has 2 aromatic rings. The Morgan fingerprint density at radius 3 is 2.50 bits per heavy atom. The summed E-state index contributed by atoms with van der Waals surface area (Å²) in [6.07, 6.45) is 0. The lowest BCUT2D eigenvalue weighted by atomic mass is 10.2. The van der Waals surface area contributed by atoms with Crippen LogP contribution in [0, 0.1) is 11.6 Å². The normalized spacial score (nSPS) is 10.4. The van der Waals surface area contributed by atoms with Crippen LogP contribution in [0.15, 0.2) is 36.4 Å². The highest BCUT2D eigenvalue weighted by Gasteiger charge is 2.20. The predicted octanol–water partition coefficient (Wildman–Crippen LogP) is 4.26. The third kappa shape index (κ3) is 4.21. The molecule has 0 atom stereocenters. The van der Waals surface area contributed by atoms with Gasteiger partial charge in [-0.25, -0.2) is 8.78 Å². The summed E-state index contributed by atoms with van der Waals surface area (Å²) in [5.41, 5.74) is 0.0634. The number of carbonyl (C=O) groups excluding carboxylic acids is 2. The zero-order valence-corrected chi connectivity index (χ0v) is 14.0. The second kappa shape index (κ2) is 7.59. The maximum atomic E-state index is 13.6. The van der Waals surface area contributed by atoms with Gasteiger partial charge in [0, 0.05) is 13.0 Å². The van der Waals surface area contributed by atoms with Crippen molar-refractivity contribution in [3.8, 4) is 0 Å². The molecule has 0 aliphatic heterocycles. The number of hydrogen-bond donors (Lipinski definition) is 1. The van der Waals surface area contributed by atoms with Crippen LogP contribution in [0.2, 0.25) is 10.0 Å². The van der Waals surface area contributed by atoms with Crippen LogP contribution in [0.1, 0.15) is 6.92 Å². The highest BCUT2D eigenvalue weighted by Crippen LogP contribution is 2.32. The first-order chi connectivity index (χ1) is 11.3. The molecule has 0 saturated heterocycles. The quantitative estimate of drug-likeness (QED) is 0.871. The number of carbonyl (C=O) groups is 2. The molecule has 0 bridgehead atoms. The van der Waals surface area contributed by atoms with E-state index in [1.807, 2.05) is 0 Å². The third-order valence-corrected chi connectivity index (χ3v) is 3.92. The van der Waals surface area contributed by atoms with Crippen molar-refractivity contribution in [2.45, 2.75) is 6.92 Å². The van der Waals surface area contributed by atoms with Gasteiger partial charge >= 0.3 is 0 Å². The number of nitrogens with one attached hydrogen (secondary N) is 1. The van der Waals surface area contributed by atoms with Gasteiger partial charge in [0.25, 0.3) is 0 Å². The molecule has 0 heterocycles. The fourth-order valence-corrected chi connectivity index (χ4v) is 2.39. The van der Waals surface area contributed by atoms with Crippen LogP contribution >= 0.6 is 23.2 Å². The summed E-state index contributed by atoms with van der Waals surface area (Å²) >= 11 is 12.0. The van der Waals surface area contributed by atoms with Crippen LogP contribution in [0.4, 0.5) is 20.2 Å². The van der Waals surface area contributed by atoms with Crippen LogP contribution in [0.25, 0.3) is 0 Å². The average Bonchev–Trinajstić information content (AvgIpc) is 2.50. The molecule has 0 radical (unpaired) electrons. The number of rotatable bonds is 4. The predicted molar refractivity (Wildman–Crippen MR) is 89.5 cm³/mol. The van der Waals surface area contributed by atoms with Crippen molar-refractivity contribution in [1.82, 2.24) is 0 Å². The largest absolute Gasteiger partial charge is 0.322 e. The van der Waals surface area contributed by atoms with Crippen molar-refractivity contribution in [3.05, 3.63) is 58.1 Å². The van der Waals surface area contributed by atoms with Gasteiger partial charge < -0.3 is 10.2 Å². The molecule has 0 saturated carbocycles. The van der Waals surface area contributed by atoms with Gasteiger partial charge in [0.05, 0.1) is 21.4 Å². The lowest BCUT2D eigenvalue weighted by molar-refractivity contribution is -0.120. The maximum absolute atomic E-state index is 13.6. The van der Waals surface area contributed by atoms with Crippen molar-refractivity contribution < 1.29 is 18.4 Å². The molecule has 1 N–H and O–H groups in total. The molecular formula is C16H12Cl2F2N2O2. The van der Waals surface area contributed by atoms with E-state index in [0.29, 0.717) is 6.07 Å². The van der Waals surface area contributed by atoms with Crippen molar-refractivity contribution >= 4 is 46.4 Å². The van der Waals surface area contributed by atoms with E-state index in [1.165, 1.54) is 13.0 Å². The minimum atomic E-state index is -0.918. The number of amides is 2. The van der Waals surface area contributed by atoms with E-state index in [0.717, 1.165) is 17.0 Å². The first-order valence-corrected chi connectivity index (χ1v) is 7.52. The molecule has 0 aliphatic rings. The van der Waals surface area contributed by atoms with E-state index in [4.69, 9.17) is 23.2 Å². The second-order valence-electron chi connectivity index (χ2n) is 4.85. The van der Waals surface area contributed by atoms with Gasteiger partial charge in [0.1, 0.15) is 18.2 Å². The first kappa shape index (κ1) is 18.2. The van der Waals surface area contributed by atoms with E-state index in [1.54, 1.807) is 12.1 Å². The molecule has 24 heavy (non-hydrogen) atoms. The van der Waals surface area contributed by atoms with E-state index in [9.17, 15) is 18.4 Å². The van der Waals surface area contributed by atoms with Gasteiger partial charge in [0.2, 0.25) is 11.8 Å². The topological polar surface area (TPSA) is 49.4 Å². The highest BCUT2D eigenvalue weighted by molar-refractivity contribution is 6.44. The zero-order valence-electron chi connectivity index (χ0n) is 12.4. The molecule has 126 valence electrons. The Labute approximate surface area is 147 Å². The van der Waals surface area contributed by atoms with Crippen molar-refractivity contribution in [2.24, 2.45) is 0 Å². The molecule has 0 fully saturated rings. The average molecular weight is 373 g/mol. The Morgan fingerprint density at radius 1 is 1.17 bits per heavy atom. The molecule has 2 rings (SSSR count). The summed E-state index contributed by atoms with van der Waals surface area (Å²) in [5, 5.41) is 2.62. The van der Waals surface area contributed by atoms with E-state index in [2.05, 4.69) is 5.32 Å². The Hall–Kier alpha value is -2.18. The Kier molecular flexibility index (Phi) is 5.75. The third-order valence-electron chi connectivity index (χ3n) is 3.11. The number of halogens is 4. The number of hydrogen-bond acceptors (Lipinski definition) is 2. The highest BCUT2D eigenvalue weighted by atomic mass is 35.5. The summed E-state index contributed by atoms with van der Waals surface area (Å²) in [5.74, 6) is -2.80. The van der Waals surface area contributed by atoms with Gasteiger partial charge in [-0.15, -0.1) is 0 Å². The van der Waals surface area contributed by atoms with Crippen molar-refractivity contribution in [3.63, 3.8) is 0 Å². The van der Waals surface area contributed by atoms with Crippen LogP contribution < -0.4 is 10.2 Å². The zero-order chi connectivity index (χ0) is 17.9. The lowest BCUT2D eigenvalue weighted by Crippen LogP contribution is -2.37. The SMILES string of the molecule is CC(=O)N(CC(=O)Nc1ccc(F)cc1F)c1cccc(Cl)c1Cl. The summed E-state index contributed by atoms with van der Waals surface area (Å²) < 4.78 is 26.4. The molecule has 0 unspecified atom stereocenters. The summed E-state index contributed by atoms with van der Waals surface area (Å²) in [4.78, 5) is 25.0. The summed E-state index contributed by atoms with van der Waals surface area (Å²) in [7, 11) is 0. The molecule has 0 aliphatic carbocycles. The fourth-order valence-electron chi connectivity index (χ4n) is 1.99. The van der Waals surface area contributed by atoms with E-state index >= 15 is 0 Å². The van der Waals surface area contributed by atoms with E-state index in [-0.39, 0.29) is 21.4 Å². The maximum Gasteiger partial charge on any atom is 0.244 e. The Balaban J connectivity index is 2.20. The molecule has 0 aromatic heterocycles. The van der Waals surface area contributed by atoms with Crippen LogP contribution in [-0.4, -0.2) is 18.4 Å². The van der Waals surface area contributed by atoms with Crippen molar-refractivity contribution in [1.29, 1.82) is 0 Å². The van der Waals surface area contributed by atoms with Crippen molar-refractivity contribution in [2.75, 3.05) is 16.8 Å². The summed E-state index contributed by atoms with van der Waals surface area (Å²) in [6.45, 7) is 0.842. The van der Waals surface area contributed by atoms with E-state index < -0.39 is 30.0 Å². The standard InChI is InChI=1S/C16H12Cl2F2N2O2/c1-9(23)22(14-4-2-3-11(17)16(14)18)8-15(24)21-13-6-5-10(19)7-12(13)20/h2-7H,8H2,1H3,(H,21,24). The van der Waals surface area contributed by atoms with Gasteiger partial charge in [0.15, 0.2) is 0 Å². The number of nitrogens with zero attached hydrogens (tertiary/aromatic N) is 1. The molecule has 8 heteroatoms. The second-order valence-corrected chi connectivity index (χ2v) is 5.64. The van der Waals surface area contributed by atoms with Gasteiger partial charge in [-0.3, -0.25) is 9.59 Å². The molecule has 0 spiro atoms. The van der Waals surface area contributed by atoms with Crippen LogP contribution in [0.3, 0.4) is 0 Å². The lowest BCUT2D eigenvalue weighted by Gasteiger charge is -2.22. The first-order valence-electron chi connectivity index (χ1n) is 6.76. The van der Waals surface area contributed by atoms with Crippen LogP contribution in [-0.2, 0) is 9.59 Å². The van der Waals surface area contributed by atoms with Gasteiger partial charge in [-0.1, -0.05) is 29.3 Å². The molecule has 2 aromatic carbocycles. The van der Waals surface area contributed by atoms with Gasteiger partial charge in [-0.2, -0.15) is 0 Å². The Morgan fingerprint density at radius 2 is 1.88 bits per heavy atom. The summed E-state index contributed by atoms with van der Waals surface area (Å²) in [6, 6.07) is 7.40. The smallest absolute Gasteiger partial charge is 0.244 e. The monoisotopic (exact) mass is 372 g/mol. The Bertz CT molecular complexity index is 800. The van der Waals surface area contributed by atoms with Crippen LogP contribution in [0.5, 0.6) is 0 Å². The number of anilines is 2. The number of benzene rings is 2. The molecule has 2 amide bonds. The molecule has 4 nitrogen and oxygen atoms in total. The minimum absolute atomic E-state index is 0.120. The van der Waals surface area contributed by atoms with Gasteiger partial charge in [-0.05, 0) is 24.3 Å². The molecular weight excluding hydrogens is 361 g/mol. The fraction of sp³-hybridized carbons (Fsp3) is 0.125.